The largest absolute Gasteiger partial charge is 0.379 e. The molecule has 17 heavy (non-hydrogen) atoms. The van der Waals surface area contributed by atoms with Gasteiger partial charge in [0.05, 0.1) is 13.2 Å². The molecule has 0 aromatic heterocycles. The Balaban J connectivity index is 1.82. The van der Waals surface area contributed by atoms with E-state index in [1.807, 2.05) is 0 Å². The van der Waals surface area contributed by atoms with Crippen molar-refractivity contribution >= 4 is 0 Å². The van der Waals surface area contributed by atoms with Crippen molar-refractivity contribution in [3.63, 3.8) is 0 Å². The zero-order chi connectivity index (χ0) is 12.0. The van der Waals surface area contributed by atoms with Crippen LogP contribution in [0.4, 0.5) is 0 Å². The molecule has 0 aromatic rings. The summed E-state index contributed by atoms with van der Waals surface area (Å²) in [6.45, 7) is 10.1. The summed E-state index contributed by atoms with van der Waals surface area (Å²) < 4.78 is 5.44. The average Bonchev–Trinajstić information content (AvgIpc) is 2.80. The maximum Gasteiger partial charge on any atom is 0.0594 e. The van der Waals surface area contributed by atoms with Gasteiger partial charge in [0.15, 0.2) is 0 Å². The van der Waals surface area contributed by atoms with Crippen LogP contribution in [0.1, 0.15) is 39.0 Å². The van der Waals surface area contributed by atoms with Crippen molar-refractivity contribution in [1.82, 2.24) is 10.2 Å². The van der Waals surface area contributed by atoms with Gasteiger partial charge in [-0.2, -0.15) is 0 Å². The van der Waals surface area contributed by atoms with E-state index in [0.29, 0.717) is 5.41 Å². The average molecular weight is 240 g/mol. The maximum absolute atomic E-state index is 5.44. The minimum atomic E-state index is 0.562. The number of hydrogen-bond donors (Lipinski definition) is 1. The highest BCUT2D eigenvalue weighted by atomic mass is 16.5. The number of nitrogens with one attached hydrogen (secondary N) is 1. The van der Waals surface area contributed by atoms with Crippen LogP contribution in [0.3, 0.4) is 0 Å². The summed E-state index contributed by atoms with van der Waals surface area (Å²) in [5.74, 6) is 0. The molecule has 2 aliphatic rings. The normalized spacial score (nSPS) is 25.2. The predicted octanol–water partition coefficient (Wildman–Crippen LogP) is 1.88. The summed E-state index contributed by atoms with van der Waals surface area (Å²) in [6.07, 6.45) is 6.94. The minimum absolute atomic E-state index is 0.562. The highest BCUT2D eigenvalue weighted by molar-refractivity contribution is 4.89. The molecule has 1 heterocycles. The molecule has 1 saturated heterocycles. The van der Waals surface area contributed by atoms with Crippen molar-refractivity contribution in [1.29, 1.82) is 0 Å². The zero-order valence-corrected chi connectivity index (χ0v) is 11.3. The third-order valence-electron chi connectivity index (χ3n) is 4.25. The standard InChI is InChI=1S/C14H28N2O/c1-2-7-15-12-14(5-3-4-6-14)13-16-8-10-17-11-9-16/h15H,2-13H2,1H3. The van der Waals surface area contributed by atoms with Gasteiger partial charge in [-0.3, -0.25) is 4.90 Å². The van der Waals surface area contributed by atoms with E-state index >= 15 is 0 Å². The van der Waals surface area contributed by atoms with Gasteiger partial charge in [-0.1, -0.05) is 19.8 Å². The van der Waals surface area contributed by atoms with Crippen LogP contribution in [0, 0.1) is 5.41 Å². The number of ether oxygens (including phenoxy) is 1. The van der Waals surface area contributed by atoms with Gasteiger partial charge in [-0.25, -0.2) is 0 Å². The first-order valence-electron chi connectivity index (χ1n) is 7.35. The highest BCUT2D eigenvalue weighted by Crippen LogP contribution is 2.38. The van der Waals surface area contributed by atoms with Crippen molar-refractivity contribution in [2.45, 2.75) is 39.0 Å². The van der Waals surface area contributed by atoms with Gasteiger partial charge in [0, 0.05) is 26.2 Å². The van der Waals surface area contributed by atoms with E-state index in [0.717, 1.165) is 26.3 Å². The molecule has 0 atom stereocenters. The van der Waals surface area contributed by atoms with E-state index < -0.39 is 0 Å². The SMILES string of the molecule is CCCNCC1(CN2CCOCC2)CCCC1. The van der Waals surface area contributed by atoms with Gasteiger partial charge in [-0.15, -0.1) is 0 Å². The molecule has 0 amide bonds. The summed E-state index contributed by atoms with van der Waals surface area (Å²) in [5, 5.41) is 3.65. The van der Waals surface area contributed by atoms with Crippen molar-refractivity contribution in [3.8, 4) is 0 Å². The van der Waals surface area contributed by atoms with Crippen molar-refractivity contribution < 1.29 is 4.74 Å². The fourth-order valence-electron chi connectivity index (χ4n) is 3.28. The smallest absolute Gasteiger partial charge is 0.0594 e. The summed E-state index contributed by atoms with van der Waals surface area (Å²) in [5.41, 5.74) is 0.562. The number of nitrogens with zero attached hydrogens (tertiary/aromatic N) is 1. The van der Waals surface area contributed by atoms with Gasteiger partial charge in [0.25, 0.3) is 0 Å². The molecule has 0 aromatic carbocycles. The van der Waals surface area contributed by atoms with Crippen LogP contribution in [-0.2, 0) is 4.74 Å². The molecule has 1 aliphatic heterocycles. The van der Waals surface area contributed by atoms with Crippen LogP contribution >= 0.6 is 0 Å². The van der Waals surface area contributed by atoms with E-state index in [-0.39, 0.29) is 0 Å². The van der Waals surface area contributed by atoms with Crippen molar-refractivity contribution in [2.24, 2.45) is 5.41 Å². The Morgan fingerprint density at radius 3 is 2.53 bits per heavy atom. The predicted molar refractivity (Wildman–Crippen MR) is 71.3 cm³/mol. The molecule has 2 rings (SSSR count). The fraction of sp³-hybridized carbons (Fsp3) is 1.00. The van der Waals surface area contributed by atoms with Crippen LogP contribution < -0.4 is 5.32 Å². The molecule has 0 spiro atoms. The van der Waals surface area contributed by atoms with Gasteiger partial charge in [0.2, 0.25) is 0 Å². The van der Waals surface area contributed by atoms with Crippen LogP contribution in [-0.4, -0.2) is 50.8 Å². The van der Waals surface area contributed by atoms with Crippen LogP contribution in [0.15, 0.2) is 0 Å². The fourth-order valence-corrected chi connectivity index (χ4v) is 3.28. The molecule has 100 valence electrons. The molecule has 3 heteroatoms. The van der Waals surface area contributed by atoms with Crippen LogP contribution in [0.2, 0.25) is 0 Å². The first kappa shape index (κ1) is 13.3. The Bertz CT molecular complexity index is 208. The molecule has 0 bridgehead atoms. The highest BCUT2D eigenvalue weighted by Gasteiger charge is 2.35. The summed E-state index contributed by atoms with van der Waals surface area (Å²) in [4.78, 5) is 2.61. The second kappa shape index (κ2) is 6.72. The Morgan fingerprint density at radius 1 is 1.18 bits per heavy atom. The first-order valence-corrected chi connectivity index (χ1v) is 7.35. The monoisotopic (exact) mass is 240 g/mol. The number of morpholine rings is 1. The second-order valence-corrected chi connectivity index (χ2v) is 5.77. The molecule has 1 saturated carbocycles. The Labute approximate surface area is 106 Å². The van der Waals surface area contributed by atoms with E-state index in [1.54, 1.807) is 0 Å². The molecule has 1 aliphatic carbocycles. The zero-order valence-electron chi connectivity index (χ0n) is 11.3. The second-order valence-electron chi connectivity index (χ2n) is 5.77. The van der Waals surface area contributed by atoms with Crippen LogP contribution in [0.5, 0.6) is 0 Å². The Kier molecular flexibility index (Phi) is 5.26. The lowest BCUT2D eigenvalue weighted by molar-refractivity contribution is 0.0165. The number of hydrogen-bond acceptors (Lipinski definition) is 3. The molecule has 0 radical (unpaired) electrons. The lowest BCUT2D eigenvalue weighted by Crippen LogP contribution is -2.46. The molecular formula is C14H28N2O. The third-order valence-corrected chi connectivity index (χ3v) is 4.25. The van der Waals surface area contributed by atoms with Gasteiger partial charge in [-0.05, 0) is 31.2 Å². The Hall–Kier alpha value is -0.120. The summed E-state index contributed by atoms with van der Waals surface area (Å²) >= 11 is 0. The third kappa shape index (κ3) is 3.94. The molecule has 2 fully saturated rings. The molecule has 1 N–H and O–H groups in total. The minimum Gasteiger partial charge on any atom is -0.379 e. The van der Waals surface area contributed by atoms with E-state index in [1.165, 1.54) is 51.7 Å². The molecule has 0 unspecified atom stereocenters. The van der Waals surface area contributed by atoms with Gasteiger partial charge >= 0.3 is 0 Å². The maximum atomic E-state index is 5.44. The van der Waals surface area contributed by atoms with Gasteiger partial charge in [0.1, 0.15) is 0 Å². The van der Waals surface area contributed by atoms with Crippen molar-refractivity contribution in [3.05, 3.63) is 0 Å². The van der Waals surface area contributed by atoms with Crippen LogP contribution in [0.25, 0.3) is 0 Å². The first-order chi connectivity index (χ1) is 8.35. The van der Waals surface area contributed by atoms with Crippen molar-refractivity contribution in [2.75, 3.05) is 45.9 Å². The lowest BCUT2D eigenvalue weighted by atomic mass is 9.85. The topological polar surface area (TPSA) is 24.5 Å². The quantitative estimate of drug-likeness (QED) is 0.717. The van der Waals surface area contributed by atoms with Gasteiger partial charge < -0.3 is 10.1 Å². The molecule has 3 nitrogen and oxygen atoms in total. The summed E-state index contributed by atoms with van der Waals surface area (Å²) in [6, 6.07) is 0. The van der Waals surface area contributed by atoms with E-state index in [4.69, 9.17) is 4.74 Å². The van der Waals surface area contributed by atoms with E-state index in [2.05, 4.69) is 17.1 Å². The summed E-state index contributed by atoms with van der Waals surface area (Å²) in [7, 11) is 0. The van der Waals surface area contributed by atoms with E-state index in [9.17, 15) is 0 Å². The lowest BCUT2D eigenvalue weighted by Gasteiger charge is -2.37. The molecular weight excluding hydrogens is 212 g/mol. The number of rotatable bonds is 6. The Morgan fingerprint density at radius 2 is 1.88 bits per heavy atom.